The van der Waals surface area contributed by atoms with Crippen molar-refractivity contribution in [2.45, 2.75) is 19.8 Å². The van der Waals surface area contributed by atoms with Crippen LogP contribution in [0.5, 0.6) is 0 Å². The first-order valence-electron chi connectivity index (χ1n) is 3.75. The van der Waals surface area contributed by atoms with Crippen LogP contribution in [0.1, 0.15) is 19.8 Å². The van der Waals surface area contributed by atoms with Crippen LogP contribution in [0.3, 0.4) is 0 Å². The summed E-state index contributed by atoms with van der Waals surface area (Å²) in [4.78, 5) is 20.9. The number of carbonyl (C=O) groups excluding carboxylic acids is 1. The maximum absolute atomic E-state index is 10.6. The SMILES string of the molecule is B.CCC=CC(CC(=O)O)C(N)=O. The standard InChI is InChI=1S/C8H13NO3.BH3/c1-2-3-4-6(8(9)12)5-7(10)11;/h3-4,6H,2,5H2,1H3,(H2,9,12)(H,10,11);1H3. The molecule has 0 heterocycles. The number of primary amides is 1. The zero-order valence-corrected chi connectivity index (χ0v) is 6.99. The van der Waals surface area contributed by atoms with Crippen LogP contribution in [0.2, 0.25) is 0 Å². The summed E-state index contributed by atoms with van der Waals surface area (Å²) >= 11 is 0. The van der Waals surface area contributed by atoms with Gasteiger partial charge in [-0.05, 0) is 6.42 Å². The minimum atomic E-state index is -1.01. The molecule has 1 unspecified atom stereocenters. The third-order valence-corrected chi connectivity index (χ3v) is 1.36. The van der Waals surface area contributed by atoms with E-state index in [9.17, 15) is 9.59 Å². The minimum absolute atomic E-state index is 0. The molecular weight excluding hydrogens is 169 g/mol. The van der Waals surface area contributed by atoms with Gasteiger partial charge in [-0.1, -0.05) is 19.1 Å². The number of hydrogen-bond acceptors (Lipinski definition) is 2. The van der Waals surface area contributed by atoms with Gasteiger partial charge in [0, 0.05) is 0 Å². The van der Waals surface area contributed by atoms with E-state index in [0.717, 1.165) is 6.42 Å². The second kappa shape index (κ2) is 7.40. The molecule has 0 saturated heterocycles. The smallest absolute Gasteiger partial charge is 0.304 e. The van der Waals surface area contributed by atoms with E-state index < -0.39 is 17.8 Å². The summed E-state index contributed by atoms with van der Waals surface area (Å²) in [5.74, 6) is -2.29. The van der Waals surface area contributed by atoms with Crippen molar-refractivity contribution in [2.24, 2.45) is 11.7 Å². The summed E-state index contributed by atoms with van der Waals surface area (Å²) in [5, 5.41) is 8.39. The van der Waals surface area contributed by atoms with Crippen molar-refractivity contribution in [3.63, 3.8) is 0 Å². The number of aliphatic carboxylic acids is 1. The summed E-state index contributed by atoms with van der Waals surface area (Å²) < 4.78 is 0. The van der Waals surface area contributed by atoms with Gasteiger partial charge in [0.05, 0.1) is 20.8 Å². The maximum Gasteiger partial charge on any atom is 0.304 e. The molecule has 1 atom stereocenters. The van der Waals surface area contributed by atoms with Crippen molar-refractivity contribution < 1.29 is 14.7 Å². The van der Waals surface area contributed by atoms with Gasteiger partial charge in [-0.2, -0.15) is 0 Å². The molecule has 1 amide bonds. The highest BCUT2D eigenvalue weighted by molar-refractivity contribution is 5.83. The van der Waals surface area contributed by atoms with Crippen LogP contribution >= 0.6 is 0 Å². The topological polar surface area (TPSA) is 80.4 Å². The van der Waals surface area contributed by atoms with E-state index in [1.165, 1.54) is 6.08 Å². The van der Waals surface area contributed by atoms with E-state index in [2.05, 4.69) is 0 Å². The highest BCUT2D eigenvalue weighted by Gasteiger charge is 2.14. The largest absolute Gasteiger partial charge is 0.481 e. The fourth-order valence-electron chi connectivity index (χ4n) is 0.752. The molecule has 0 aromatic rings. The van der Waals surface area contributed by atoms with Gasteiger partial charge in [-0.15, -0.1) is 0 Å². The van der Waals surface area contributed by atoms with Gasteiger partial charge in [0.25, 0.3) is 0 Å². The average Bonchev–Trinajstić information content (AvgIpc) is 1.96. The molecule has 13 heavy (non-hydrogen) atoms. The van der Waals surface area contributed by atoms with Crippen LogP contribution in [-0.4, -0.2) is 25.4 Å². The molecule has 0 radical (unpaired) electrons. The molecule has 0 aliphatic rings. The van der Waals surface area contributed by atoms with Gasteiger partial charge < -0.3 is 10.8 Å². The highest BCUT2D eigenvalue weighted by atomic mass is 16.4. The Bertz CT molecular complexity index is 204. The Kier molecular flexibility index (Phi) is 8.12. The number of nitrogens with two attached hydrogens (primary N) is 1. The number of rotatable bonds is 5. The Labute approximate surface area is 79.4 Å². The first kappa shape index (κ1) is 14.3. The summed E-state index contributed by atoms with van der Waals surface area (Å²) in [5.41, 5.74) is 4.97. The normalized spacial score (nSPS) is 12.1. The molecule has 0 saturated carbocycles. The fraction of sp³-hybridized carbons (Fsp3) is 0.500. The second-order valence-corrected chi connectivity index (χ2v) is 2.44. The molecule has 0 aromatic carbocycles. The fourth-order valence-corrected chi connectivity index (χ4v) is 0.752. The minimum Gasteiger partial charge on any atom is -0.481 e. The van der Waals surface area contributed by atoms with Crippen LogP contribution in [-0.2, 0) is 9.59 Å². The lowest BCUT2D eigenvalue weighted by Gasteiger charge is -2.03. The Morgan fingerprint density at radius 1 is 1.54 bits per heavy atom. The van der Waals surface area contributed by atoms with E-state index in [0.29, 0.717) is 0 Å². The Morgan fingerprint density at radius 3 is 2.38 bits per heavy atom. The van der Waals surface area contributed by atoms with Crippen molar-refractivity contribution in [1.29, 1.82) is 0 Å². The van der Waals surface area contributed by atoms with Crippen LogP contribution in [0.15, 0.2) is 12.2 Å². The third-order valence-electron chi connectivity index (χ3n) is 1.36. The van der Waals surface area contributed by atoms with Gasteiger partial charge in [-0.3, -0.25) is 9.59 Å². The van der Waals surface area contributed by atoms with Crippen molar-refractivity contribution in [3.8, 4) is 0 Å². The van der Waals surface area contributed by atoms with E-state index >= 15 is 0 Å². The Morgan fingerprint density at radius 2 is 2.08 bits per heavy atom. The Hall–Kier alpha value is -1.26. The molecule has 0 rings (SSSR count). The number of carbonyl (C=O) groups is 2. The molecule has 74 valence electrons. The second-order valence-electron chi connectivity index (χ2n) is 2.44. The molecular formula is C8H16BNO3. The average molecular weight is 185 g/mol. The number of carboxylic acids is 1. The highest BCUT2D eigenvalue weighted by Crippen LogP contribution is 2.04. The zero-order chi connectivity index (χ0) is 9.56. The molecule has 0 aromatic heterocycles. The van der Waals surface area contributed by atoms with E-state index in [1.54, 1.807) is 6.08 Å². The summed E-state index contributed by atoms with van der Waals surface area (Å²) in [6, 6.07) is 0. The lowest BCUT2D eigenvalue weighted by Crippen LogP contribution is -2.23. The summed E-state index contributed by atoms with van der Waals surface area (Å²) in [6.45, 7) is 1.90. The maximum atomic E-state index is 10.6. The predicted octanol–water partition coefficient (Wildman–Crippen LogP) is -0.655. The van der Waals surface area contributed by atoms with Gasteiger partial charge >= 0.3 is 5.97 Å². The van der Waals surface area contributed by atoms with Gasteiger partial charge in [0.2, 0.25) is 5.91 Å². The molecule has 3 N–H and O–H groups in total. The number of allylic oxidation sites excluding steroid dienone is 1. The predicted molar refractivity (Wildman–Crippen MR) is 54.3 cm³/mol. The van der Waals surface area contributed by atoms with Crippen LogP contribution < -0.4 is 5.73 Å². The van der Waals surface area contributed by atoms with E-state index in [-0.39, 0.29) is 14.8 Å². The van der Waals surface area contributed by atoms with Crippen molar-refractivity contribution in [2.75, 3.05) is 0 Å². The van der Waals surface area contributed by atoms with Crippen LogP contribution in [0, 0.1) is 5.92 Å². The number of carboxylic acid groups (broad SMARTS) is 1. The first-order valence-corrected chi connectivity index (χ1v) is 3.75. The monoisotopic (exact) mass is 185 g/mol. The van der Waals surface area contributed by atoms with Crippen LogP contribution in [0.4, 0.5) is 0 Å². The first-order chi connectivity index (χ1) is 5.57. The summed E-state index contributed by atoms with van der Waals surface area (Å²) in [6.07, 6.45) is 3.81. The van der Waals surface area contributed by atoms with Gasteiger partial charge in [0.1, 0.15) is 0 Å². The van der Waals surface area contributed by atoms with Crippen LogP contribution in [0.25, 0.3) is 0 Å². The van der Waals surface area contributed by atoms with Crippen molar-refractivity contribution >= 4 is 20.3 Å². The quantitative estimate of drug-likeness (QED) is 0.441. The molecule has 0 aliphatic carbocycles. The summed E-state index contributed by atoms with van der Waals surface area (Å²) in [7, 11) is 0. The molecule has 4 nitrogen and oxygen atoms in total. The van der Waals surface area contributed by atoms with Crippen molar-refractivity contribution in [1.82, 2.24) is 0 Å². The molecule has 0 aliphatic heterocycles. The molecule has 0 spiro atoms. The number of amides is 1. The lowest BCUT2D eigenvalue weighted by atomic mass is 10.0. The van der Waals surface area contributed by atoms with Gasteiger partial charge in [-0.25, -0.2) is 0 Å². The third kappa shape index (κ3) is 7.12. The molecule has 5 heteroatoms. The van der Waals surface area contributed by atoms with E-state index in [1.807, 2.05) is 6.92 Å². The zero-order valence-electron chi connectivity index (χ0n) is 6.99. The lowest BCUT2D eigenvalue weighted by molar-refractivity contribution is -0.139. The van der Waals surface area contributed by atoms with Crippen molar-refractivity contribution in [3.05, 3.63) is 12.2 Å². The van der Waals surface area contributed by atoms with E-state index in [4.69, 9.17) is 10.8 Å². The number of hydrogen-bond donors (Lipinski definition) is 2. The van der Waals surface area contributed by atoms with Gasteiger partial charge in [0.15, 0.2) is 0 Å². The Balaban J connectivity index is 0. The molecule has 0 bridgehead atoms. The molecule has 0 fully saturated rings.